The lowest BCUT2D eigenvalue weighted by atomic mass is 10.1. The van der Waals surface area contributed by atoms with Gasteiger partial charge in [-0.2, -0.15) is 0 Å². The number of nitrogens with one attached hydrogen (secondary N) is 1. The molecular weight excluding hydrogens is 397 g/mol. The van der Waals surface area contributed by atoms with Crippen LogP contribution in [0, 0.1) is 7.14 Å². The number of amides is 1. The summed E-state index contributed by atoms with van der Waals surface area (Å²) >= 11 is -0.134. The summed E-state index contributed by atoms with van der Waals surface area (Å²) in [4.78, 5) is 11.9. The monoisotopic (exact) mass is 422 g/mol. The van der Waals surface area contributed by atoms with E-state index in [2.05, 4.69) is 48.6 Å². The minimum atomic E-state index is -0.134. The molecule has 0 heterocycles. The van der Waals surface area contributed by atoms with Gasteiger partial charge in [0, 0.05) is 12.1 Å². The van der Waals surface area contributed by atoms with E-state index in [1.807, 2.05) is 18.2 Å². The lowest BCUT2D eigenvalue weighted by molar-refractivity contribution is -0.597. The average Bonchev–Trinajstić information content (AvgIpc) is 2.57. The molecule has 122 valence electrons. The Morgan fingerprint density at radius 3 is 2.22 bits per heavy atom. The van der Waals surface area contributed by atoms with Crippen molar-refractivity contribution >= 4 is 11.6 Å². The third-order valence-corrected chi connectivity index (χ3v) is 6.27. The van der Waals surface area contributed by atoms with Crippen molar-refractivity contribution in [3.63, 3.8) is 0 Å². The molecule has 3 heteroatoms. The number of carbonyl (C=O) groups is 1. The summed E-state index contributed by atoms with van der Waals surface area (Å²) in [6.07, 6.45) is 6.52. The van der Waals surface area contributed by atoms with Crippen molar-refractivity contribution in [3.8, 4) is 0 Å². The van der Waals surface area contributed by atoms with Crippen LogP contribution in [0.3, 0.4) is 0 Å². The molecule has 0 spiro atoms. The average molecular weight is 422 g/mol. The van der Waals surface area contributed by atoms with Crippen LogP contribution in [0.4, 0.5) is 5.69 Å². The van der Waals surface area contributed by atoms with Gasteiger partial charge >= 0.3 is 21.2 Å². The van der Waals surface area contributed by atoms with Gasteiger partial charge in [0.1, 0.15) is 0 Å². The number of benzene rings is 2. The Morgan fingerprint density at radius 2 is 1.52 bits per heavy atom. The van der Waals surface area contributed by atoms with Crippen LogP contribution in [-0.2, 0) is 4.79 Å². The second kappa shape index (κ2) is 10.4. The summed E-state index contributed by atoms with van der Waals surface area (Å²) in [6, 6.07) is 18.9. The van der Waals surface area contributed by atoms with Crippen molar-refractivity contribution in [2.75, 3.05) is 5.32 Å². The Hall–Kier alpha value is -1.36. The highest BCUT2D eigenvalue weighted by molar-refractivity contribution is 5.90. The molecule has 2 nitrogen and oxygen atoms in total. The van der Waals surface area contributed by atoms with Crippen LogP contribution in [0.25, 0.3) is 0 Å². The number of hydrogen-bond acceptors (Lipinski definition) is 1. The Balaban J connectivity index is 1.75. The van der Waals surface area contributed by atoms with Crippen molar-refractivity contribution in [2.45, 2.75) is 45.4 Å². The zero-order chi connectivity index (χ0) is 16.3. The number of carbonyl (C=O) groups excluding carboxylic acids is 1. The minimum absolute atomic E-state index is 0.131. The molecule has 0 aliphatic rings. The summed E-state index contributed by atoms with van der Waals surface area (Å²) in [5.41, 5.74) is 0.907. The van der Waals surface area contributed by atoms with Crippen LogP contribution in [0.2, 0.25) is 0 Å². The zero-order valence-electron chi connectivity index (χ0n) is 13.7. The molecule has 0 aliphatic carbocycles. The molecule has 2 rings (SSSR count). The smallest absolute Gasteiger partial charge is 0.326 e. The predicted octanol–water partition coefficient (Wildman–Crippen LogP) is 2.11. The summed E-state index contributed by atoms with van der Waals surface area (Å²) in [5.74, 6) is 0.131. The molecule has 2 aromatic carbocycles. The first-order chi connectivity index (χ1) is 11.3. The molecule has 1 N–H and O–H groups in total. The van der Waals surface area contributed by atoms with Gasteiger partial charge in [-0.15, -0.1) is 0 Å². The van der Waals surface area contributed by atoms with E-state index in [1.165, 1.54) is 26.4 Å². The van der Waals surface area contributed by atoms with Crippen molar-refractivity contribution in [1.29, 1.82) is 0 Å². The van der Waals surface area contributed by atoms with Crippen molar-refractivity contribution in [2.24, 2.45) is 0 Å². The van der Waals surface area contributed by atoms with E-state index in [1.54, 1.807) is 0 Å². The van der Waals surface area contributed by atoms with Gasteiger partial charge in [-0.05, 0) is 42.8 Å². The molecule has 0 aliphatic heterocycles. The fraction of sp³-hybridized carbons (Fsp3) is 0.350. The van der Waals surface area contributed by atoms with E-state index in [-0.39, 0.29) is 27.1 Å². The van der Waals surface area contributed by atoms with Crippen LogP contribution in [0.1, 0.15) is 45.4 Å². The molecule has 0 fully saturated rings. The molecule has 0 radical (unpaired) electrons. The highest BCUT2D eigenvalue weighted by Gasteiger charge is 2.14. The Morgan fingerprint density at radius 1 is 0.870 bits per heavy atom. The summed E-state index contributed by atoms with van der Waals surface area (Å²) < 4.78 is 2.78. The first-order valence-corrected chi connectivity index (χ1v) is 10.5. The number of halogens is 1. The molecule has 0 unspecified atom stereocenters. The van der Waals surface area contributed by atoms with E-state index in [0.29, 0.717) is 6.42 Å². The molecule has 2 aromatic rings. The minimum Gasteiger partial charge on any atom is -0.326 e. The quantitative estimate of drug-likeness (QED) is 0.487. The standard InChI is InChI=1S/C20H24INO/c1-2-3-4-5-9-12-20(23)22-19-15-13-18(14-16-19)21-17-10-7-6-8-11-17/h6-8,10-11,13-16H,2-5,9,12H2,1H3/p+1. The van der Waals surface area contributed by atoms with E-state index >= 15 is 0 Å². The highest BCUT2D eigenvalue weighted by atomic mass is 127. The summed E-state index contributed by atoms with van der Waals surface area (Å²) in [5, 5.41) is 3.00. The van der Waals surface area contributed by atoms with Gasteiger partial charge in [-0.25, -0.2) is 0 Å². The zero-order valence-corrected chi connectivity index (χ0v) is 15.9. The molecule has 23 heavy (non-hydrogen) atoms. The predicted molar refractivity (Wildman–Crippen MR) is 92.3 cm³/mol. The lowest BCUT2D eigenvalue weighted by Crippen LogP contribution is -3.61. The van der Waals surface area contributed by atoms with Gasteiger partial charge in [0.05, 0.1) is 0 Å². The van der Waals surface area contributed by atoms with Crippen molar-refractivity contribution in [1.82, 2.24) is 0 Å². The highest BCUT2D eigenvalue weighted by Crippen LogP contribution is 2.09. The summed E-state index contributed by atoms with van der Waals surface area (Å²) in [7, 11) is 0. The number of anilines is 1. The Bertz CT molecular complexity index is 580. The first kappa shape index (κ1) is 18.0. The fourth-order valence-electron chi connectivity index (χ4n) is 2.31. The van der Waals surface area contributed by atoms with Gasteiger partial charge in [0.25, 0.3) is 0 Å². The molecule has 0 bridgehead atoms. The molecule has 0 saturated heterocycles. The van der Waals surface area contributed by atoms with Gasteiger partial charge in [-0.1, -0.05) is 50.8 Å². The van der Waals surface area contributed by atoms with Crippen LogP contribution in [-0.4, -0.2) is 5.91 Å². The van der Waals surface area contributed by atoms with Crippen LogP contribution in [0.15, 0.2) is 54.6 Å². The van der Waals surface area contributed by atoms with E-state index in [4.69, 9.17) is 0 Å². The molecule has 0 atom stereocenters. The molecular formula is C20H25INO+. The van der Waals surface area contributed by atoms with Gasteiger partial charge < -0.3 is 5.32 Å². The topological polar surface area (TPSA) is 29.1 Å². The van der Waals surface area contributed by atoms with Crippen molar-refractivity contribution in [3.05, 3.63) is 61.7 Å². The molecule has 0 saturated carbocycles. The SMILES string of the molecule is CCCCCCCC(=O)Nc1ccc([I+]c2ccccc2)cc1. The number of unbranched alkanes of at least 4 members (excludes halogenated alkanes) is 4. The third-order valence-electron chi connectivity index (χ3n) is 3.59. The first-order valence-electron chi connectivity index (χ1n) is 8.37. The molecule has 0 aromatic heterocycles. The maximum absolute atomic E-state index is 11.9. The summed E-state index contributed by atoms with van der Waals surface area (Å²) in [6.45, 7) is 2.20. The van der Waals surface area contributed by atoms with Crippen LogP contribution >= 0.6 is 0 Å². The normalized spacial score (nSPS) is 10.5. The molecule has 1 amide bonds. The van der Waals surface area contributed by atoms with Crippen LogP contribution < -0.4 is 26.5 Å². The van der Waals surface area contributed by atoms with Crippen molar-refractivity contribution < 1.29 is 26.0 Å². The second-order valence-corrected chi connectivity index (χ2v) is 8.64. The number of hydrogen-bond donors (Lipinski definition) is 1. The maximum Gasteiger partial charge on any atom is 0.357 e. The second-order valence-electron chi connectivity index (χ2n) is 5.61. The Labute approximate surface area is 150 Å². The van der Waals surface area contributed by atoms with E-state index in [0.717, 1.165) is 18.5 Å². The van der Waals surface area contributed by atoms with E-state index in [9.17, 15) is 4.79 Å². The Kier molecular flexibility index (Phi) is 8.15. The maximum atomic E-state index is 11.9. The van der Waals surface area contributed by atoms with Gasteiger partial charge in [0.15, 0.2) is 7.14 Å². The van der Waals surface area contributed by atoms with E-state index < -0.39 is 0 Å². The lowest BCUT2D eigenvalue weighted by Gasteiger charge is -2.04. The van der Waals surface area contributed by atoms with Crippen LogP contribution in [0.5, 0.6) is 0 Å². The number of rotatable bonds is 9. The fourth-order valence-corrected chi connectivity index (χ4v) is 4.53. The van der Waals surface area contributed by atoms with Gasteiger partial charge in [-0.3, -0.25) is 4.79 Å². The van der Waals surface area contributed by atoms with Gasteiger partial charge in [0.2, 0.25) is 5.91 Å². The third kappa shape index (κ3) is 7.16. The largest absolute Gasteiger partial charge is 0.357 e.